The molecule has 1 heterocycles. The molecule has 0 fully saturated rings. The minimum absolute atomic E-state index is 0.223. The molecule has 5 heteroatoms. The van der Waals surface area contributed by atoms with E-state index in [0.29, 0.717) is 13.2 Å². The first-order valence-corrected chi connectivity index (χ1v) is 7.45. The molecule has 0 saturated carbocycles. The van der Waals surface area contributed by atoms with E-state index in [2.05, 4.69) is 36.0 Å². The molecule has 0 aliphatic heterocycles. The molecule has 0 aliphatic carbocycles. The molecule has 2 aromatic rings. The molecule has 1 aromatic heterocycles. The van der Waals surface area contributed by atoms with Gasteiger partial charge in [0.2, 0.25) is 0 Å². The molecule has 0 saturated heterocycles. The van der Waals surface area contributed by atoms with Crippen molar-refractivity contribution in [2.24, 2.45) is 7.05 Å². The first kappa shape index (κ1) is 15.9. The van der Waals surface area contributed by atoms with Crippen LogP contribution in [0.3, 0.4) is 0 Å². The van der Waals surface area contributed by atoms with Gasteiger partial charge in [0.1, 0.15) is 5.82 Å². The predicted molar refractivity (Wildman–Crippen MR) is 84.4 cm³/mol. The summed E-state index contributed by atoms with van der Waals surface area (Å²) in [6.45, 7) is 5.14. The molecular formula is C16H25N3O2. The number of hydrogen-bond donors (Lipinski definition) is 1. The lowest BCUT2D eigenvalue weighted by molar-refractivity contribution is 0.0692. The minimum Gasteiger partial charge on any atom is -0.382 e. The highest BCUT2D eigenvalue weighted by Crippen LogP contribution is 2.18. The number of fused-ring (bicyclic) bond motifs is 1. The van der Waals surface area contributed by atoms with Gasteiger partial charge in [0.15, 0.2) is 0 Å². The number of methoxy groups -OCH3 is 1. The number of nitrogens with zero attached hydrogens (tertiary/aromatic N) is 2. The van der Waals surface area contributed by atoms with Gasteiger partial charge in [-0.1, -0.05) is 12.1 Å². The zero-order chi connectivity index (χ0) is 15.1. The standard InChI is InChI=1S/C16H25N3O2/c1-13(17-9-6-10-21-12-11-20-3)16-18-14-7-4-5-8-15(14)19(16)2/h4-5,7-8,13,17H,6,9-12H2,1-3H3. The maximum absolute atomic E-state index is 5.45. The van der Waals surface area contributed by atoms with Crippen LogP contribution >= 0.6 is 0 Å². The monoisotopic (exact) mass is 291 g/mol. The number of aromatic nitrogens is 2. The fraction of sp³-hybridized carbons (Fsp3) is 0.562. The van der Waals surface area contributed by atoms with Gasteiger partial charge in [-0.25, -0.2) is 4.98 Å². The number of imidazole rings is 1. The highest BCUT2D eigenvalue weighted by atomic mass is 16.5. The van der Waals surface area contributed by atoms with Crippen molar-refractivity contribution in [3.63, 3.8) is 0 Å². The van der Waals surface area contributed by atoms with E-state index in [1.165, 1.54) is 5.52 Å². The number of benzene rings is 1. The lowest BCUT2D eigenvalue weighted by atomic mass is 10.3. The third kappa shape index (κ3) is 4.27. The summed E-state index contributed by atoms with van der Waals surface area (Å²) < 4.78 is 12.5. The van der Waals surface area contributed by atoms with Gasteiger partial charge in [-0.15, -0.1) is 0 Å². The van der Waals surface area contributed by atoms with E-state index in [-0.39, 0.29) is 6.04 Å². The van der Waals surface area contributed by atoms with Crippen LogP contribution in [0.4, 0.5) is 0 Å². The normalized spacial score (nSPS) is 12.9. The highest BCUT2D eigenvalue weighted by Gasteiger charge is 2.13. The fourth-order valence-corrected chi connectivity index (χ4v) is 2.38. The fourth-order valence-electron chi connectivity index (χ4n) is 2.38. The lowest BCUT2D eigenvalue weighted by Crippen LogP contribution is -2.23. The molecule has 116 valence electrons. The Labute approximate surface area is 126 Å². The number of hydrogen-bond acceptors (Lipinski definition) is 4. The average Bonchev–Trinajstić information content (AvgIpc) is 2.84. The second-order valence-corrected chi connectivity index (χ2v) is 5.15. The van der Waals surface area contributed by atoms with Crippen molar-refractivity contribution in [3.8, 4) is 0 Å². The molecule has 0 bridgehead atoms. The van der Waals surface area contributed by atoms with Gasteiger partial charge in [-0.2, -0.15) is 0 Å². The van der Waals surface area contributed by atoms with Crippen molar-refractivity contribution in [1.29, 1.82) is 0 Å². The average molecular weight is 291 g/mol. The Balaban J connectivity index is 1.79. The Bertz CT molecular complexity index is 553. The van der Waals surface area contributed by atoms with Gasteiger partial charge in [0, 0.05) is 20.8 Å². The summed E-state index contributed by atoms with van der Waals surface area (Å²) in [4.78, 5) is 4.70. The summed E-state index contributed by atoms with van der Waals surface area (Å²) >= 11 is 0. The molecule has 0 radical (unpaired) electrons. The van der Waals surface area contributed by atoms with Gasteiger partial charge < -0.3 is 19.4 Å². The number of aryl methyl sites for hydroxylation is 1. The summed E-state index contributed by atoms with van der Waals surface area (Å²) in [6, 6.07) is 8.44. The quantitative estimate of drug-likeness (QED) is 0.720. The minimum atomic E-state index is 0.223. The SMILES string of the molecule is COCCOCCCNC(C)c1nc2ccccc2n1C. The Morgan fingerprint density at radius 1 is 1.24 bits per heavy atom. The van der Waals surface area contributed by atoms with E-state index >= 15 is 0 Å². The van der Waals surface area contributed by atoms with Crippen LogP contribution in [0.1, 0.15) is 25.2 Å². The predicted octanol–water partition coefficient (Wildman–Crippen LogP) is 2.28. The van der Waals surface area contributed by atoms with E-state index < -0.39 is 0 Å². The molecule has 21 heavy (non-hydrogen) atoms. The molecule has 1 aromatic carbocycles. The Morgan fingerprint density at radius 3 is 2.81 bits per heavy atom. The summed E-state index contributed by atoms with van der Waals surface area (Å²) in [6.07, 6.45) is 0.984. The van der Waals surface area contributed by atoms with Crippen LogP contribution in [0.5, 0.6) is 0 Å². The third-order valence-electron chi connectivity index (χ3n) is 3.56. The van der Waals surface area contributed by atoms with Crippen molar-refractivity contribution < 1.29 is 9.47 Å². The lowest BCUT2D eigenvalue weighted by Gasteiger charge is -2.13. The molecule has 1 unspecified atom stereocenters. The molecular weight excluding hydrogens is 266 g/mol. The van der Waals surface area contributed by atoms with Crippen molar-refractivity contribution in [3.05, 3.63) is 30.1 Å². The summed E-state index contributed by atoms with van der Waals surface area (Å²) in [5.74, 6) is 1.07. The van der Waals surface area contributed by atoms with Crippen LogP contribution in [0.25, 0.3) is 11.0 Å². The van der Waals surface area contributed by atoms with Crippen molar-refractivity contribution >= 4 is 11.0 Å². The van der Waals surface area contributed by atoms with E-state index in [9.17, 15) is 0 Å². The molecule has 0 aliphatic rings. The van der Waals surface area contributed by atoms with Gasteiger partial charge in [-0.3, -0.25) is 0 Å². The Hall–Kier alpha value is -1.43. The van der Waals surface area contributed by atoms with Crippen LogP contribution in [0, 0.1) is 0 Å². The van der Waals surface area contributed by atoms with Gasteiger partial charge in [-0.05, 0) is 32.0 Å². The molecule has 0 spiro atoms. The highest BCUT2D eigenvalue weighted by molar-refractivity contribution is 5.75. The summed E-state index contributed by atoms with van der Waals surface area (Å²) in [5.41, 5.74) is 2.22. The van der Waals surface area contributed by atoms with Crippen molar-refractivity contribution in [2.75, 3.05) is 33.5 Å². The van der Waals surface area contributed by atoms with Crippen molar-refractivity contribution in [1.82, 2.24) is 14.9 Å². The third-order valence-corrected chi connectivity index (χ3v) is 3.56. The molecule has 0 amide bonds. The zero-order valence-electron chi connectivity index (χ0n) is 13.1. The first-order valence-electron chi connectivity index (χ1n) is 7.45. The van der Waals surface area contributed by atoms with E-state index in [0.717, 1.165) is 30.9 Å². The van der Waals surface area contributed by atoms with E-state index in [4.69, 9.17) is 14.5 Å². The Morgan fingerprint density at radius 2 is 2.05 bits per heavy atom. The van der Waals surface area contributed by atoms with Gasteiger partial charge in [0.25, 0.3) is 0 Å². The maximum Gasteiger partial charge on any atom is 0.126 e. The van der Waals surface area contributed by atoms with Crippen LogP contribution in [-0.4, -0.2) is 43.0 Å². The zero-order valence-corrected chi connectivity index (χ0v) is 13.1. The van der Waals surface area contributed by atoms with E-state index in [1.807, 2.05) is 12.1 Å². The van der Waals surface area contributed by atoms with Crippen molar-refractivity contribution in [2.45, 2.75) is 19.4 Å². The topological polar surface area (TPSA) is 48.3 Å². The van der Waals surface area contributed by atoms with Crippen LogP contribution in [0.15, 0.2) is 24.3 Å². The molecule has 2 rings (SSSR count). The molecule has 5 nitrogen and oxygen atoms in total. The van der Waals surface area contributed by atoms with E-state index in [1.54, 1.807) is 7.11 Å². The van der Waals surface area contributed by atoms with Crippen LogP contribution in [-0.2, 0) is 16.5 Å². The number of nitrogens with one attached hydrogen (secondary N) is 1. The summed E-state index contributed by atoms with van der Waals surface area (Å²) in [7, 11) is 3.75. The summed E-state index contributed by atoms with van der Waals surface area (Å²) in [5, 5.41) is 3.50. The molecule has 1 N–H and O–H groups in total. The molecule has 1 atom stereocenters. The maximum atomic E-state index is 5.45. The van der Waals surface area contributed by atoms with Crippen LogP contribution < -0.4 is 5.32 Å². The van der Waals surface area contributed by atoms with Crippen LogP contribution in [0.2, 0.25) is 0 Å². The number of ether oxygens (including phenoxy) is 2. The van der Waals surface area contributed by atoms with Gasteiger partial charge in [0.05, 0.1) is 30.3 Å². The number of para-hydroxylation sites is 2. The largest absolute Gasteiger partial charge is 0.382 e. The number of rotatable bonds is 9. The first-order chi connectivity index (χ1) is 10.2. The van der Waals surface area contributed by atoms with Gasteiger partial charge >= 0.3 is 0 Å². The Kier molecular flexibility index (Phi) is 6.17. The smallest absolute Gasteiger partial charge is 0.126 e. The second-order valence-electron chi connectivity index (χ2n) is 5.15. The second kappa shape index (κ2) is 8.12.